The van der Waals surface area contributed by atoms with Crippen LogP contribution in [0.15, 0.2) is 45.9 Å². The highest BCUT2D eigenvalue weighted by Crippen LogP contribution is 2.37. The minimum absolute atomic E-state index is 0.167. The van der Waals surface area contributed by atoms with Gasteiger partial charge in [0.2, 0.25) is 5.91 Å². The molecule has 0 fully saturated rings. The minimum atomic E-state index is -2.61. The van der Waals surface area contributed by atoms with E-state index in [2.05, 4.69) is 5.32 Å². The molecule has 112 valence electrons. The van der Waals surface area contributed by atoms with E-state index in [0.29, 0.717) is 23.9 Å². The molecule has 1 amide bonds. The number of nitrogens with one attached hydrogen (secondary N) is 1. The highest BCUT2D eigenvalue weighted by Gasteiger charge is 2.15. The molecule has 0 aliphatic carbocycles. The maximum absolute atomic E-state index is 12.5. The zero-order valence-electron chi connectivity index (χ0n) is 10.8. The Bertz CT molecular complexity index is 605. The van der Waals surface area contributed by atoms with E-state index in [1.165, 1.54) is 12.3 Å². The topological polar surface area (TPSA) is 42.2 Å². The van der Waals surface area contributed by atoms with Gasteiger partial charge in [-0.25, -0.2) is 0 Å². The van der Waals surface area contributed by atoms with Gasteiger partial charge in [-0.2, -0.15) is 8.78 Å². The predicted molar refractivity (Wildman–Crippen MR) is 79.0 cm³/mol. The fraction of sp³-hybridized carbons (Fsp3) is 0.214. The average Bonchev–Trinajstić information content (AvgIpc) is 2.93. The number of rotatable bonds is 6. The van der Waals surface area contributed by atoms with Gasteiger partial charge in [0.1, 0.15) is 5.76 Å². The van der Waals surface area contributed by atoms with Crippen molar-refractivity contribution in [1.82, 2.24) is 0 Å². The number of amides is 1. The molecular formula is C14H12ClF2NO2S. The molecule has 21 heavy (non-hydrogen) atoms. The fourth-order valence-corrected chi connectivity index (χ4v) is 2.63. The van der Waals surface area contributed by atoms with E-state index in [1.54, 1.807) is 24.3 Å². The van der Waals surface area contributed by atoms with Gasteiger partial charge in [0, 0.05) is 12.8 Å². The monoisotopic (exact) mass is 331 g/mol. The molecule has 3 nitrogen and oxygen atoms in total. The first-order valence-corrected chi connectivity index (χ1v) is 7.37. The lowest BCUT2D eigenvalue weighted by Crippen LogP contribution is -2.13. The minimum Gasteiger partial charge on any atom is -0.469 e. The summed E-state index contributed by atoms with van der Waals surface area (Å²) in [5.74, 6) is -2.20. The van der Waals surface area contributed by atoms with Gasteiger partial charge in [-0.1, -0.05) is 29.4 Å². The number of hydrogen-bond donors (Lipinski definition) is 1. The third-order valence-corrected chi connectivity index (χ3v) is 3.91. The van der Waals surface area contributed by atoms with Crippen molar-refractivity contribution in [2.24, 2.45) is 0 Å². The lowest BCUT2D eigenvalue weighted by molar-refractivity contribution is -0.116. The lowest BCUT2D eigenvalue weighted by atomic mass is 10.2. The second kappa shape index (κ2) is 7.47. The van der Waals surface area contributed by atoms with E-state index in [4.69, 9.17) is 16.0 Å². The zero-order chi connectivity index (χ0) is 15.2. The summed E-state index contributed by atoms with van der Waals surface area (Å²) in [5.41, 5.74) is 0.289. The number of carbonyl (C=O) groups excluding carboxylic acids is 1. The maximum atomic E-state index is 12.5. The van der Waals surface area contributed by atoms with Crippen LogP contribution < -0.4 is 5.32 Å². The first-order chi connectivity index (χ1) is 10.1. The van der Waals surface area contributed by atoms with Crippen LogP contribution in [0.4, 0.5) is 14.5 Å². The Hall–Kier alpha value is -1.53. The predicted octanol–water partition coefficient (Wildman–Crippen LogP) is 4.82. The molecule has 0 aliphatic heterocycles. The van der Waals surface area contributed by atoms with E-state index in [0.717, 1.165) is 0 Å². The lowest BCUT2D eigenvalue weighted by Gasteiger charge is -2.11. The van der Waals surface area contributed by atoms with E-state index >= 15 is 0 Å². The number of halogens is 3. The van der Waals surface area contributed by atoms with Gasteiger partial charge in [-0.15, -0.1) is 0 Å². The van der Waals surface area contributed by atoms with Crippen LogP contribution in [0, 0.1) is 0 Å². The van der Waals surface area contributed by atoms with E-state index in [-0.39, 0.29) is 27.9 Å². The molecule has 1 heterocycles. The molecule has 1 aromatic heterocycles. The number of aryl methyl sites for hydroxylation is 1. The Morgan fingerprint density at radius 1 is 1.33 bits per heavy atom. The van der Waals surface area contributed by atoms with Crippen molar-refractivity contribution in [2.75, 3.05) is 5.32 Å². The summed E-state index contributed by atoms with van der Waals surface area (Å²) in [7, 11) is 0. The van der Waals surface area contributed by atoms with Crippen molar-refractivity contribution in [1.29, 1.82) is 0 Å². The smallest absolute Gasteiger partial charge is 0.289 e. The maximum Gasteiger partial charge on any atom is 0.289 e. The number of alkyl halides is 2. The van der Waals surface area contributed by atoms with Crippen LogP contribution in [0.2, 0.25) is 5.02 Å². The molecule has 0 saturated carbocycles. The van der Waals surface area contributed by atoms with Crippen LogP contribution in [0.5, 0.6) is 0 Å². The Kier molecular flexibility index (Phi) is 5.64. The van der Waals surface area contributed by atoms with Crippen molar-refractivity contribution in [3.63, 3.8) is 0 Å². The summed E-state index contributed by atoms with van der Waals surface area (Å²) in [6.45, 7) is 0. The average molecular weight is 332 g/mol. The van der Waals surface area contributed by atoms with Gasteiger partial charge in [0.05, 0.1) is 21.9 Å². The Morgan fingerprint density at radius 3 is 2.81 bits per heavy atom. The summed E-state index contributed by atoms with van der Waals surface area (Å²) < 4.78 is 30.2. The van der Waals surface area contributed by atoms with Crippen LogP contribution in [-0.2, 0) is 11.2 Å². The van der Waals surface area contributed by atoms with Crippen LogP contribution >= 0.6 is 23.4 Å². The van der Waals surface area contributed by atoms with Gasteiger partial charge in [0.25, 0.3) is 5.76 Å². The largest absolute Gasteiger partial charge is 0.469 e. The molecular weight excluding hydrogens is 320 g/mol. The highest BCUT2D eigenvalue weighted by molar-refractivity contribution is 7.99. The summed E-state index contributed by atoms with van der Waals surface area (Å²) in [5, 5.41) is 2.78. The summed E-state index contributed by atoms with van der Waals surface area (Å²) in [6.07, 6.45) is 2.16. The zero-order valence-corrected chi connectivity index (χ0v) is 12.4. The number of thioether (sulfide) groups is 1. The molecule has 0 radical (unpaired) electrons. The number of furan rings is 1. The van der Waals surface area contributed by atoms with Gasteiger partial charge in [0.15, 0.2) is 0 Å². The Balaban J connectivity index is 2.01. The van der Waals surface area contributed by atoms with E-state index in [9.17, 15) is 13.6 Å². The quantitative estimate of drug-likeness (QED) is 0.772. The molecule has 2 aromatic rings. The summed E-state index contributed by atoms with van der Waals surface area (Å²) in [6, 6.07) is 8.15. The van der Waals surface area contributed by atoms with Crippen molar-refractivity contribution < 1.29 is 18.0 Å². The molecule has 0 saturated heterocycles. The number of benzene rings is 1. The van der Waals surface area contributed by atoms with Crippen LogP contribution in [0.1, 0.15) is 12.2 Å². The fourth-order valence-electron chi connectivity index (χ4n) is 1.72. The van der Waals surface area contributed by atoms with Crippen LogP contribution in [-0.4, -0.2) is 11.7 Å². The standard InChI is InChI=1S/C14H12ClF2NO2S/c15-10-4-1-5-11(13(10)21-14(16)17)18-12(19)7-6-9-3-2-8-20-9/h1-5,8,14H,6-7H2,(H,18,19). The summed E-state index contributed by atoms with van der Waals surface area (Å²) in [4.78, 5) is 12.0. The van der Waals surface area contributed by atoms with Crippen molar-refractivity contribution in [3.05, 3.63) is 47.4 Å². The van der Waals surface area contributed by atoms with Crippen molar-refractivity contribution >= 4 is 35.0 Å². The molecule has 7 heteroatoms. The van der Waals surface area contributed by atoms with Crippen LogP contribution in [0.25, 0.3) is 0 Å². The van der Waals surface area contributed by atoms with E-state index in [1.807, 2.05) is 0 Å². The number of anilines is 1. The van der Waals surface area contributed by atoms with Gasteiger partial charge < -0.3 is 9.73 Å². The first kappa shape index (κ1) is 15.9. The SMILES string of the molecule is O=C(CCc1ccco1)Nc1cccc(Cl)c1SC(F)F. The molecule has 0 aliphatic rings. The van der Waals surface area contributed by atoms with E-state index < -0.39 is 5.76 Å². The molecule has 1 aromatic carbocycles. The molecule has 0 atom stereocenters. The number of hydrogen-bond acceptors (Lipinski definition) is 3. The Labute approximate surface area is 129 Å². The molecule has 0 spiro atoms. The van der Waals surface area contributed by atoms with Gasteiger partial charge in [-0.05, 0) is 24.3 Å². The van der Waals surface area contributed by atoms with Crippen molar-refractivity contribution in [2.45, 2.75) is 23.5 Å². The van der Waals surface area contributed by atoms with Crippen LogP contribution in [0.3, 0.4) is 0 Å². The second-order valence-corrected chi connectivity index (χ2v) is 5.53. The number of carbonyl (C=O) groups is 1. The van der Waals surface area contributed by atoms with Crippen molar-refractivity contribution in [3.8, 4) is 0 Å². The van der Waals surface area contributed by atoms with Gasteiger partial charge >= 0.3 is 0 Å². The third-order valence-electron chi connectivity index (χ3n) is 2.63. The Morgan fingerprint density at radius 2 is 2.14 bits per heavy atom. The second-order valence-electron chi connectivity index (χ2n) is 4.12. The van der Waals surface area contributed by atoms with Gasteiger partial charge in [-0.3, -0.25) is 4.79 Å². The highest BCUT2D eigenvalue weighted by atomic mass is 35.5. The first-order valence-electron chi connectivity index (χ1n) is 6.12. The molecule has 0 bridgehead atoms. The third kappa shape index (κ3) is 4.75. The molecule has 2 rings (SSSR count). The molecule has 1 N–H and O–H groups in total. The molecule has 0 unspecified atom stereocenters. The summed E-state index contributed by atoms with van der Waals surface area (Å²) >= 11 is 6.21. The normalized spacial score (nSPS) is 10.9.